The number of hydrogen-bond donors (Lipinski definition) is 2. The third kappa shape index (κ3) is 2.95. The molecule has 1 atom stereocenters. The van der Waals surface area contributed by atoms with Crippen LogP contribution >= 0.6 is 0 Å². The van der Waals surface area contributed by atoms with Crippen molar-refractivity contribution >= 4 is 11.9 Å². The van der Waals surface area contributed by atoms with Crippen LogP contribution in [0.4, 0.5) is 0 Å². The van der Waals surface area contributed by atoms with E-state index in [1.54, 1.807) is 24.3 Å². The molecule has 0 spiro atoms. The maximum absolute atomic E-state index is 12.3. The molecular formula is C15H19NO3. The number of hydrogen-bond acceptors (Lipinski definition) is 2. The molecule has 0 unspecified atom stereocenters. The number of carboxylic acids is 1. The van der Waals surface area contributed by atoms with Gasteiger partial charge in [0.2, 0.25) is 5.91 Å². The molecule has 102 valence electrons. The van der Waals surface area contributed by atoms with Gasteiger partial charge in [0.15, 0.2) is 6.04 Å². The molecule has 1 saturated carbocycles. The SMILES string of the molecule is CC1(C(=O)N[C@H](C(=O)O)c2ccccc2)CCCC1. The molecule has 0 aliphatic heterocycles. The maximum Gasteiger partial charge on any atom is 0.330 e. The molecule has 0 aromatic heterocycles. The van der Waals surface area contributed by atoms with E-state index in [1.807, 2.05) is 13.0 Å². The highest BCUT2D eigenvalue weighted by Crippen LogP contribution is 2.38. The Morgan fingerprint density at radius 3 is 2.32 bits per heavy atom. The lowest BCUT2D eigenvalue weighted by Crippen LogP contribution is -2.41. The van der Waals surface area contributed by atoms with Crippen LogP contribution in [0, 0.1) is 5.41 Å². The Morgan fingerprint density at radius 1 is 1.21 bits per heavy atom. The monoisotopic (exact) mass is 261 g/mol. The van der Waals surface area contributed by atoms with Crippen LogP contribution in [-0.2, 0) is 9.59 Å². The average molecular weight is 261 g/mol. The minimum absolute atomic E-state index is 0.152. The predicted molar refractivity (Wildman–Crippen MR) is 71.5 cm³/mol. The second-order valence-corrected chi connectivity index (χ2v) is 5.42. The minimum Gasteiger partial charge on any atom is -0.479 e. The Bertz CT molecular complexity index is 464. The first-order valence-corrected chi connectivity index (χ1v) is 6.62. The maximum atomic E-state index is 12.3. The fraction of sp³-hybridized carbons (Fsp3) is 0.467. The molecule has 0 heterocycles. The lowest BCUT2D eigenvalue weighted by atomic mass is 9.87. The molecule has 1 amide bonds. The molecule has 1 aliphatic rings. The zero-order valence-corrected chi connectivity index (χ0v) is 11.1. The highest BCUT2D eigenvalue weighted by Gasteiger charge is 2.38. The van der Waals surface area contributed by atoms with Gasteiger partial charge >= 0.3 is 5.97 Å². The van der Waals surface area contributed by atoms with Crippen LogP contribution in [0.5, 0.6) is 0 Å². The molecule has 2 N–H and O–H groups in total. The third-order valence-electron chi connectivity index (χ3n) is 3.91. The van der Waals surface area contributed by atoms with E-state index in [0.29, 0.717) is 5.56 Å². The topological polar surface area (TPSA) is 66.4 Å². The number of aliphatic carboxylic acids is 1. The first kappa shape index (κ1) is 13.6. The molecule has 0 bridgehead atoms. The van der Waals surface area contributed by atoms with Crippen molar-refractivity contribution in [2.75, 3.05) is 0 Å². The molecule has 4 heteroatoms. The summed E-state index contributed by atoms with van der Waals surface area (Å²) in [5.41, 5.74) is 0.188. The summed E-state index contributed by atoms with van der Waals surface area (Å²) in [6.45, 7) is 1.92. The lowest BCUT2D eigenvalue weighted by Gasteiger charge is -2.25. The van der Waals surface area contributed by atoms with Crippen LogP contribution in [0.15, 0.2) is 30.3 Å². The summed E-state index contributed by atoms with van der Waals surface area (Å²) in [5.74, 6) is -1.18. The van der Waals surface area contributed by atoms with E-state index < -0.39 is 17.4 Å². The van der Waals surface area contributed by atoms with Crippen molar-refractivity contribution in [3.63, 3.8) is 0 Å². The molecular weight excluding hydrogens is 242 g/mol. The molecule has 2 rings (SSSR count). The van der Waals surface area contributed by atoms with Crippen LogP contribution in [0.3, 0.4) is 0 Å². The normalized spacial score (nSPS) is 18.8. The van der Waals surface area contributed by atoms with Gasteiger partial charge in [0, 0.05) is 5.41 Å². The molecule has 1 aromatic carbocycles. The van der Waals surface area contributed by atoms with E-state index in [0.717, 1.165) is 25.7 Å². The van der Waals surface area contributed by atoms with Crippen LogP contribution in [0.25, 0.3) is 0 Å². The van der Waals surface area contributed by atoms with E-state index in [2.05, 4.69) is 5.32 Å². The van der Waals surface area contributed by atoms with E-state index in [9.17, 15) is 14.7 Å². The van der Waals surface area contributed by atoms with Gasteiger partial charge in [-0.2, -0.15) is 0 Å². The van der Waals surface area contributed by atoms with Gasteiger partial charge in [-0.1, -0.05) is 50.1 Å². The van der Waals surface area contributed by atoms with E-state index in [1.165, 1.54) is 0 Å². The lowest BCUT2D eigenvalue weighted by molar-refractivity contribution is -0.143. The summed E-state index contributed by atoms with van der Waals surface area (Å²) in [5, 5.41) is 12.0. The highest BCUT2D eigenvalue weighted by atomic mass is 16.4. The van der Waals surface area contributed by atoms with Crippen LogP contribution in [0.2, 0.25) is 0 Å². The van der Waals surface area contributed by atoms with Gasteiger partial charge in [-0.05, 0) is 18.4 Å². The smallest absolute Gasteiger partial charge is 0.330 e. The van der Waals surface area contributed by atoms with Crippen molar-refractivity contribution in [3.8, 4) is 0 Å². The highest BCUT2D eigenvalue weighted by molar-refractivity contribution is 5.88. The Morgan fingerprint density at radius 2 is 1.79 bits per heavy atom. The predicted octanol–water partition coefficient (Wildman–Crippen LogP) is 2.51. The van der Waals surface area contributed by atoms with Crippen molar-refractivity contribution in [3.05, 3.63) is 35.9 Å². The standard InChI is InChI=1S/C15H19NO3/c1-15(9-5-6-10-15)14(19)16-12(13(17)18)11-7-3-2-4-8-11/h2-4,7-8,12H,5-6,9-10H2,1H3,(H,16,19)(H,17,18)/t12-/m0/s1. The number of carboxylic acid groups (broad SMARTS) is 1. The summed E-state index contributed by atoms with van der Waals surface area (Å²) in [4.78, 5) is 23.6. The van der Waals surface area contributed by atoms with Crippen LogP contribution in [-0.4, -0.2) is 17.0 Å². The first-order valence-electron chi connectivity index (χ1n) is 6.62. The summed E-state index contributed by atoms with van der Waals surface area (Å²) < 4.78 is 0. The Hall–Kier alpha value is -1.84. The summed E-state index contributed by atoms with van der Waals surface area (Å²) in [7, 11) is 0. The van der Waals surface area contributed by atoms with Crippen molar-refractivity contribution in [2.45, 2.75) is 38.6 Å². The summed E-state index contributed by atoms with van der Waals surface area (Å²) >= 11 is 0. The van der Waals surface area contributed by atoms with Crippen LogP contribution < -0.4 is 5.32 Å². The Labute approximate surface area is 112 Å². The number of carbonyl (C=O) groups excluding carboxylic acids is 1. The van der Waals surface area contributed by atoms with E-state index >= 15 is 0 Å². The molecule has 0 radical (unpaired) electrons. The number of benzene rings is 1. The molecule has 1 fully saturated rings. The van der Waals surface area contributed by atoms with E-state index in [-0.39, 0.29) is 5.91 Å². The fourth-order valence-corrected chi connectivity index (χ4v) is 2.62. The number of nitrogens with one attached hydrogen (secondary N) is 1. The zero-order valence-electron chi connectivity index (χ0n) is 11.1. The van der Waals surface area contributed by atoms with E-state index in [4.69, 9.17) is 0 Å². The number of amides is 1. The number of carbonyl (C=O) groups is 2. The van der Waals surface area contributed by atoms with Gasteiger partial charge in [-0.25, -0.2) is 4.79 Å². The van der Waals surface area contributed by atoms with Gasteiger partial charge in [0.1, 0.15) is 0 Å². The second-order valence-electron chi connectivity index (χ2n) is 5.42. The molecule has 0 saturated heterocycles. The Balaban J connectivity index is 2.14. The van der Waals surface area contributed by atoms with Crippen molar-refractivity contribution < 1.29 is 14.7 Å². The largest absolute Gasteiger partial charge is 0.479 e. The van der Waals surface area contributed by atoms with Gasteiger partial charge in [0.05, 0.1) is 0 Å². The quantitative estimate of drug-likeness (QED) is 0.875. The molecule has 4 nitrogen and oxygen atoms in total. The second kappa shape index (κ2) is 5.43. The fourth-order valence-electron chi connectivity index (χ4n) is 2.62. The third-order valence-corrected chi connectivity index (χ3v) is 3.91. The summed E-state index contributed by atoms with van der Waals surface area (Å²) in [6.07, 6.45) is 3.74. The average Bonchev–Trinajstić information content (AvgIpc) is 2.84. The van der Waals surface area contributed by atoms with Gasteiger partial charge in [0.25, 0.3) is 0 Å². The van der Waals surface area contributed by atoms with Crippen LogP contribution in [0.1, 0.15) is 44.2 Å². The first-order chi connectivity index (χ1) is 9.03. The zero-order chi connectivity index (χ0) is 13.9. The Kier molecular flexibility index (Phi) is 3.88. The molecule has 1 aliphatic carbocycles. The van der Waals surface area contributed by atoms with Gasteiger partial charge in [-0.15, -0.1) is 0 Å². The molecule has 19 heavy (non-hydrogen) atoms. The number of rotatable bonds is 4. The van der Waals surface area contributed by atoms with Crippen molar-refractivity contribution in [2.24, 2.45) is 5.41 Å². The van der Waals surface area contributed by atoms with Crippen molar-refractivity contribution in [1.29, 1.82) is 0 Å². The summed E-state index contributed by atoms with van der Waals surface area (Å²) in [6, 6.07) is 7.84. The van der Waals surface area contributed by atoms with Crippen molar-refractivity contribution in [1.82, 2.24) is 5.32 Å². The van der Waals surface area contributed by atoms with Gasteiger partial charge in [-0.3, -0.25) is 4.79 Å². The minimum atomic E-state index is -1.03. The molecule has 1 aromatic rings. The van der Waals surface area contributed by atoms with Gasteiger partial charge < -0.3 is 10.4 Å².